The summed E-state index contributed by atoms with van der Waals surface area (Å²) >= 11 is 0. The van der Waals surface area contributed by atoms with E-state index in [2.05, 4.69) is 5.32 Å². The van der Waals surface area contributed by atoms with Gasteiger partial charge in [-0.05, 0) is 66.1 Å². The molecule has 0 aliphatic carbocycles. The molecule has 3 aromatic rings. The van der Waals surface area contributed by atoms with Crippen LogP contribution in [0.2, 0.25) is 0 Å². The Kier molecular flexibility index (Phi) is 6.82. The monoisotopic (exact) mass is 444 g/mol. The smallest absolute Gasteiger partial charge is 0.251 e. The molecule has 1 atom stereocenters. The molecule has 1 N–H and O–H groups in total. The summed E-state index contributed by atoms with van der Waals surface area (Å²) in [6.07, 6.45) is 0.250. The number of carbonyl (C=O) groups is 1. The third-order valence-electron chi connectivity index (χ3n) is 4.78. The number of nitrogens with zero attached hydrogens (tertiary/aromatic N) is 1. The summed E-state index contributed by atoms with van der Waals surface area (Å²) in [4.78, 5) is 12.9. The Morgan fingerprint density at radius 3 is 2.13 bits per heavy atom. The summed E-state index contributed by atoms with van der Waals surface area (Å²) in [5.41, 5.74) is 1.42. The fraction of sp³-hybridized carbons (Fsp3) is 0.174. The van der Waals surface area contributed by atoms with Crippen molar-refractivity contribution < 1.29 is 22.0 Å². The highest BCUT2D eigenvalue weighted by atomic mass is 32.2. The van der Waals surface area contributed by atoms with Crippen LogP contribution in [0.5, 0.6) is 0 Å². The summed E-state index contributed by atoms with van der Waals surface area (Å²) in [5, 5.41) is 2.84. The van der Waals surface area contributed by atoms with Gasteiger partial charge in [0.2, 0.25) is 10.0 Å². The average Bonchev–Trinajstić information content (AvgIpc) is 2.73. The van der Waals surface area contributed by atoms with Gasteiger partial charge in [0.25, 0.3) is 5.91 Å². The molecular weight excluding hydrogens is 422 g/mol. The van der Waals surface area contributed by atoms with Crippen molar-refractivity contribution >= 4 is 15.9 Å². The first kappa shape index (κ1) is 22.6. The molecule has 0 aliphatic heterocycles. The molecule has 1 unspecified atom stereocenters. The molecule has 0 aliphatic rings. The van der Waals surface area contributed by atoms with Crippen molar-refractivity contribution in [2.24, 2.45) is 0 Å². The van der Waals surface area contributed by atoms with Gasteiger partial charge in [-0.1, -0.05) is 24.3 Å². The second-order valence-electron chi connectivity index (χ2n) is 7.23. The summed E-state index contributed by atoms with van der Waals surface area (Å²) in [5.74, 6) is -1.31. The number of sulfonamides is 1. The lowest BCUT2D eigenvalue weighted by atomic mass is 9.98. The van der Waals surface area contributed by atoms with E-state index in [4.69, 9.17) is 0 Å². The highest BCUT2D eigenvalue weighted by Gasteiger charge is 2.20. The number of amides is 1. The number of hydrogen-bond donors (Lipinski definition) is 1. The lowest BCUT2D eigenvalue weighted by Gasteiger charge is -2.20. The van der Waals surface area contributed by atoms with E-state index in [0.717, 1.165) is 4.31 Å². The SMILES string of the molecule is CN(C)S(=O)(=O)c1ccc(C(=O)NC(Cc2cccc(F)c2)c2cccc(F)c2)cc1. The number of hydrogen-bond acceptors (Lipinski definition) is 3. The van der Waals surface area contributed by atoms with Crippen molar-refractivity contribution in [3.05, 3.63) is 101 Å². The van der Waals surface area contributed by atoms with E-state index in [0.29, 0.717) is 11.1 Å². The van der Waals surface area contributed by atoms with Gasteiger partial charge in [0.1, 0.15) is 11.6 Å². The normalized spacial score (nSPS) is 12.5. The summed E-state index contributed by atoms with van der Waals surface area (Å²) in [6, 6.07) is 16.7. The first-order chi connectivity index (χ1) is 14.7. The van der Waals surface area contributed by atoms with E-state index < -0.39 is 33.6 Å². The third kappa shape index (κ3) is 5.53. The van der Waals surface area contributed by atoms with Crippen molar-refractivity contribution in [2.75, 3.05) is 14.1 Å². The van der Waals surface area contributed by atoms with E-state index in [-0.39, 0.29) is 16.9 Å². The first-order valence-corrected chi connectivity index (χ1v) is 10.9. The zero-order chi connectivity index (χ0) is 22.6. The predicted octanol–water partition coefficient (Wildman–Crippen LogP) is 3.93. The summed E-state index contributed by atoms with van der Waals surface area (Å²) in [7, 11) is -0.765. The van der Waals surface area contributed by atoms with Crippen LogP contribution >= 0.6 is 0 Å². The van der Waals surface area contributed by atoms with Gasteiger partial charge < -0.3 is 5.32 Å². The maximum atomic E-state index is 13.8. The fourth-order valence-corrected chi connectivity index (χ4v) is 4.01. The molecule has 3 aromatic carbocycles. The molecule has 162 valence electrons. The van der Waals surface area contributed by atoms with Gasteiger partial charge >= 0.3 is 0 Å². The van der Waals surface area contributed by atoms with Crippen LogP contribution in [0.15, 0.2) is 77.7 Å². The molecule has 3 rings (SSSR count). The topological polar surface area (TPSA) is 66.5 Å². The third-order valence-corrected chi connectivity index (χ3v) is 6.61. The summed E-state index contributed by atoms with van der Waals surface area (Å²) < 4.78 is 52.9. The van der Waals surface area contributed by atoms with Gasteiger partial charge in [0, 0.05) is 19.7 Å². The Bertz CT molecular complexity index is 1180. The minimum atomic E-state index is -3.61. The molecule has 0 fully saturated rings. The molecule has 0 bridgehead atoms. The van der Waals surface area contributed by atoms with Crippen LogP contribution in [-0.2, 0) is 16.4 Å². The Hall–Kier alpha value is -3.10. The highest BCUT2D eigenvalue weighted by Crippen LogP contribution is 2.21. The molecule has 0 aromatic heterocycles. The van der Waals surface area contributed by atoms with Gasteiger partial charge in [0.15, 0.2) is 0 Å². The number of carbonyl (C=O) groups excluding carboxylic acids is 1. The lowest BCUT2D eigenvalue weighted by Crippen LogP contribution is -2.30. The minimum absolute atomic E-state index is 0.0653. The molecular formula is C23H22F2N2O3S. The van der Waals surface area contributed by atoms with Gasteiger partial charge in [-0.15, -0.1) is 0 Å². The van der Waals surface area contributed by atoms with Crippen LogP contribution in [0.3, 0.4) is 0 Å². The van der Waals surface area contributed by atoms with Crippen molar-refractivity contribution in [2.45, 2.75) is 17.4 Å². The minimum Gasteiger partial charge on any atom is -0.345 e. The van der Waals surface area contributed by atoms with Crippen LogP contribution in [0.4, 0.5) is 8.78 Å². The van der Waals surface area contributed by atoms with Gasteiger partial charge in [0.05, 0.1) is 10.9 Å². The lowest BCUT2D eigenvalue weighted by molar-refractivity contribution is 0.0936. The van der Waals surface area contributed by atoms with Crippen molar-refractivity contribution in [3.63, 3.8) is 0 Å². The molecule has 0 saturated carbocycles. The Balaban J connectivity index is 1.86. The Morgan fingerprint density at radius 1 is 0.935 bits per heavy atom. The van der Waals surface area contributed by atoms with E-state index >= 15 is 0 Å². The zero-order valence-corrected chi connectivity index (χ0v) is 17.9. The molecule has 0 spiro atoms. The van der Waals surface area contributed by atoms with Crippen LogP contribution in [0.25, 0.3) is 0 Å². The summed E-state index contributed by atoms with van der Waals surface area (Å²) in [6.45, 7) is 0. The van der Waals surface area contributed by atoms with Crippen molar-refractivity contribution in [1.82, 2.24) is 9.62 Å². The molecule has 0 saturated heterocycles. The van der Waals surface area contributed by atoms with Gasteiger partial charge in [-0.25, -0.2) is 21.5 Å². The molecule has 8 heteroatoms. The second-order valence-corrected chi connectivity index (χ2v) is 9.38. The van der Waals surface area contributed by atoms with E-state index in [1.165, 1.54) is 68.7 Å². The van der Waals surface area contributed by atoms with Crippen LogP contribution in [0, 0.1) is 11.6 Å². The van der Waals surface area contributed by atoms with Crippen molar-refractivity contribution in [3.8, 4) is 0 Å². The highest BCUT2D eigenvalue weighted by molar-refractivity contribution is 7.89. The quantitative estimate of drug-likeness (QED) is 0.601. The Labute approximate surface area is 180 Å². The maximum absolute atomic E-state index is 13.8. The predicted molar refractivity (Wildman–Crippen MR) is 114 cm³/mol. The van der Waals surface area contributed by atoms with Crippen LogP contribution in [-0.4, -0.2) is 32.7 Å². The van der Waals surface area contributed by atoms with E-state index in [1.807, 2.05) is 0 Å². The number of benzene rings is 3. The second kappa shape index (κ2) is 9.36. The largest absolute Gasteiger partial charge is 0.345 e. The fourth-order valence-electron chi connectivity index (χ4n) is 3.11. The standard InChI is InChI=1S/C23H22F2N2O3S/c1-27(2)31(29,30)21-11-9-17(10-12-21)23(28)26-22(18-6-4-8-20(25)15-18)14-16-5-3-7-19(24)13-16/h3-13,15,22H,14H2,1-2H3,(H,26,28). The molecule has 0 heterocycles. The van der Waals surface area contributed by atoms with Gasteiger partial charge in [-0.3, -0.25) is 4.79 Å². The first-order valence-electron chi connectivity index (χ1n) is 9.50. The van der Waals surface area contributed by atoms with Crippen LogP contribution in [0.1, 0.15) is 27.5 Å². The number of rotatable bonds is 7. The zero-order valence-electron chi connectivity index (χ0n) is 17.0. The number of halogens is 2. The molecule has 1 amide bonds. The van der Waals surface area contributed by atoms with E-state index in [9.17, 15) is 22.0 Å². The average molecular weight is 445 g/mol. The Morgan fingerprint density at radius 2 is 1.55 bits per heavy atom. The van der Waals surface area contributed by atoms with Crippen molar-refractivity contribution in [1.29, 1.82) is 0 Å². The molecule has 5 nitrogen and oxygen atoms in total. The molecule has 0 radical (unpaired) electrons. The van der Waals surface area contributed by atoms with Crippen LogP contribution < -0.4 is 5.32 Å². The van der Waals surface area contributed by atoms with Gasteiger partial charge in [-0.2, -0.15) is 0 Å². The van der Waals surface area contributed by atoms with E-state index in [1.54, 1.807) is 18.2 Å². The molecule has 31 heavy (non-hydrogen) atoms. The number of nitrogens with one attached hydrogen (secondary N) is 1. The maximum Gasteiger partial charge on any atom is 0.251 e.